The average Bonchev–Trinajstić information content (AvgIpc) is 2.87. The summed E-state index contributed by atoms with van der Waals surface area (Å²) in [6, 6.07) is 0. The third-order valence-electron chi connectivity index (χ3n) is 7.19. The van der Waals surface area contributed by atoms with Crippen molar-refractivity contribution in [2.75, 3.05) is 0 Å². The zero-order chi connectivity index (χ0) is 19.8. The van der Waals surface area contributed by atoms with Crippen LogP contribution in [0.25, 0.3) is 10.2 Å². The molecule has 4 aliphatic rings. The fraction of sp³-hybridized carbons (Fsp3) is 0.667. The van der Waals surface area contributed by atoms with Crippen LogP contribution in [-0.4, -0.2) is 26.6 Å². The Kier molecular flexibility index (Phi) is 3.85. The van der Waals surface area contributed by atoms with Crippen molar-refractivity contribution in [2.45, 2.75) is 71.0 Å². The lowest BCUT2D eigenvalue weighted by atomic mass is 9.48. The molecule has 3 atom stereocenters. The van der Waals surface area contributed by atoms with Gasteiger partial charge in [-0.1, -0.05) is 0 Å². The number of aromatic amines is 1. The summed E-state index contributed by atoms with van der Waals surface area (Å²) in [7, 11) is 0. The molecule has 2 aromatic rings. The Labute approximate surface area is 167 Å². The van der Waals surface area contributed by atoms with E-state index in [1.807, 2.05) is 13.8 Å². The number of rotatable bonds is 3. The first-order valence-electron chi connectivity index (χ1n) is 10.1. The Morgan fingerprint density at radius 2 is 1.96 bits per heavy atom. The second-order valence-electron chi connectivity index (χ2n) is 9.43. The van der Waals surface area contributed by atoms with Crippen molar-refractivity contribution >= 4 is 27.5 Å². The topological polar surface area (TPSA) is 92.3 Å². The average molecular weight is 403 g/mol. The normalized spacial score (nSPS) is 34.7. The molecule has 4 bridgehead atoms. The van der Waals surface area contributed by atoms with Gasteiger partial charge in [0.05, 0.1) is 16.4 Å². The highest BCUT2D eigenvalue weighted by molar-refractivity contribution is 7.18. The van der Waals surface area contributed by atoms with Gasteiger partial charge >= 0.3 is 5.97 Å². The van der Waals surface area contributed by atoms with Gasteiger partial charge in [0.25, 0.3) is 5.56 Å². The van der Waals surface area contributed by atoms with Crippen LogP contribution in [0.3, 0.4) is 0 Å². The molecular formula is C21H26N2O4S. The highest BCUT2D eigenvalue weighted by atomic mass is 32.1. The molecule has 6 rings (SSSR count). The number of esters is 1. The highest BCUT2D eigenvalue weighted by Gasteiger charge is 2.61. The molecule has 0 spiro atoms. The molecule has 4 aliphatic carbocycles. The number of carbonyl (C=O) groups is 1. The zero-order valence-electron chi connectivity index (χ0n) is 16.5. The molecule has 3 unspecified atom stereocenters. The molecule has 6 nitrogen and oxygen atoms in total. The fourth-order valence-corrected chi connectivity index (χ4v) is 7.30. The number of carbonyl (C=O) groups excluding carboxylic acids is 1. The Morgan fingerprint density at radius 3 is 2.61 bits per heavy atom. The largest absolute Gasteiger partial charge is 0.454 e. The monoisotopic (exact) mass is 402 g/mol. The highest BCUT2D eigenvalue weighted by Crippen LogP contribution is 2.62. The molecular weight excluding hydrogens is 376 g/mol. The van der Waals surface area contributed by atoms with Crippen molar-refractivity contribution < 1.29 is 14.6 Å². The summed E-state index contributed by atoms with van der Waals surface area (Å²) >= 11 is 1.49. The van der Waals surface area contributed by atoms with Gasteiger partial charge in [0, 0.05) is 4.88 Å². The van der Waals surface area contributed by atoms with E-state index < -0.39 is 17.1 Å². The molecule has 0 radical (unpaired) electrons. The third kappa shape index (κ3) is 2.66. The summed E-state index contributed by atoms with van der Waals surface area (Å²) in [5.41, 5.74) is -0.516. The quantitative estimate of drug-likeness (QED) is 0.766. The summed E-state index contributed by atoms with van der Waals surface area (Å²) in [6.07, 6.45) is 4.25. The number of hydrogen-bond acceptors (Lipinski definition) is 6. The summed E-state index contributed by atoms with van der Waals surface area (Å²) in [5.74, 6) is 0.977. The molecule has 28 heavy (non-hydrogen) atoms. The van der Waals surface area contributed by atoms with Gasteiger partial charge in [-0.15, -0.1) is 11.3 Å². The predicted molar refractivity (Wildman–Crippen MR) is 106 cm³/mol. The molecule has 2 aromatic heterocycles. The number of aliphatic hydroxyl groups is 1. The second-order valence-corrected chi connectivity index (χ2v) is 10.6. The first kappa shape index (κ1) is 18.3. The Hall–Kier alpha value is -1.73. The number of nitrogens with zero attached hydrogens (tertiary/aromatic N) is 1. The minimum absolute atomic E-state index is 0.186. The first-order chi connectivity index (χ1) is 13.2. The molecule has 2 heterocycles. The van der Waals surface area contributed by atoms with E-state index in [-0.39, 0.29) is 11.5 Å². The first-order valence-corrected chi connectivity index (χ1v) is 10.9. The number of H-pyrrole nitrogens is 1. The standard InChI is InChI=1S/C21H26N2O4S/c1-10-12(3)28-18-15(10)17(24)22-16(23-18)11(2)27-19(25)20-5-13-4-14(6-20)8-21(26,7-13)9-20/h11,13-14,26H,4-9H2,1-3H3,(H,22,23,24). The van der Waals surface area contributed by atoms with Crippen LogP contribution in [0.5, 0.6) is 0 Å². The van der Waals surface area contributed by atoms with Crippen LogP contribution in [0.1, 0.15) is 67.8 Å². The lowest BCUT2D eigenvalue weighted by Gasteiger charge is -2.58. The molecule has 4 fully saturated rings. The number of thiophene rings is 1. The second kappa shape index (κ2) is 5.89. The van der Waals surface area contributed by atoms with E-state index in [0.29, 0.717) is 34.3 Å². The number of nitrogens with one attached hydrogen (secondary N) is 1. The van der Waals surface area contributed by atoms with E-state index in [2.05, 4.69) is 9.97 Å². The summed E-state index contributed by atoms with van der Waals surface area (Å²) in [4.78, 5) is 34.8. The lowest BCUT2D eigenvalue weighted by molar-refractivity contribution is -0.200. The minimum Gasteiger partial charge on any atom is -0.454 e. The van der Waals surface area contributed by atoms with Crippen LogP contribution in [0, 0.1) is 31.1 Å². The smallest absolute Gasteiger partial charge is 0.312 e. The van der Waals surface area contributed by atoms with E-state index in [4.69, 9.17) is 4.74 Å². The summed E-state index contributed by atoms with van der Waals surface area (Å²) in [6.45, 7) is 5.65. The molecule has 7 heteroatoms. The van der Waals surface area contributed by atoms with Gasteiger partial charge in [-0.25, -0.2) is 4.98 Å². The van der Waals surface area contributed by atoms with Crippen LogP contribution in [-0.2, 0) is 9.53 Å². The lowest BCUT2D eigenvalue weighted by Crippen LogP contribution is -2.58. The predicted octanol–water partition coefficient (Wildman–Crippen LogP) is 3.54. The van der Waals surface area contributed by atoms with Crippen LogP contribution in [0.2, 0.25) is 0 Å². The number of ether oxygens (including phenoxy) is 1. The molecule has 0 amide bonds. The number of aryl methyl sites for hydroxylation is 2. The van der Waals surface area contributed by atoms with Crippen molar-refractivity contribution in [3.8, 4) is 0 Å². The van der Waals surface area contributed by atoms with E-state index >= 15 is 0 Å². The van der Waals surface area contributed by atoms with E-state index in [1.165, 1.54) is 11.3 Å². The van der Waals surface area contributed by atoms with Crippen LogP contribution >= 0.6 is 11.3 Å². The maximum Gasteiger partial charge on any atom is 0.312 e. The van der Waals surface area contributed by atoms with Gasteiger partial charge in [0.1, 0.15) is 4.83 Å². The van der Waals surface area contributed by atoms with Gasteiger partial charge in [-0.2, -0.15) is 0 Å². The van der Waals surface area contributed by atoms with Gasteiger partial charge < -0.3 is 14.8 Å². The maximum absolute atomic E-state index is 13.2. The number of aromatic nitrogens is 2. The number of hydrogen-bond donors (Lipinski definition) is 2. The molecule has 0 aliphatic heterocycles. The Bertz CT molecular complexity index is 1020. The molecule has 0 aromatic carbocycles. The van der Waals surface area contributed by atoms with Crippen molar-refractivity contribution in [1.82, 2.24) is 9.97 Å². The summed E-state index contributed by atoms with van der Waals surface area (Å²) in [5, 5.41) is 11.5. The van der Waals surface area contributed by atoms with E-state index in [1.54, 1.807) is 6.92 Å². The van der Waals surface area contributed by atoms with Crippen molar-refractivity contribution in [3.63, 3.8) is 0 Å². The van der Waals surface area contributed by atoms with Crippen LogP contribution in [0.4, 0.5) is 0 Å². The van der Waals surface area contributed by atoms with Crippen LogP contribution in [0.15, 0.2) is 4.79 Å². The molecule has 150 valence electrons. The van der Waals surface area contributed by atoms with Gasteiger partial charge in [-0.3, -0.25) is 9.59 Å². The zero-order valence-corrected chi connectivity index (χ0v) is 17.3. The fourth-order valence-electron chi connectivity index (χ4n) is 6.26. The summed E-state index contributed by atoms with van der Waals surface area (Å²) < 4.78 is 5.83. The number of fused-ring (bicyclic) bond motifs is 1. The SMILES string of the molecule is Cc1sc2nc(C(C)OC(=O)C34CC5CC(CC(O)(C5)C3)C4)[nH]c(=O)c2c1C. The van der Waals surface area contributed by atoms with Gasteiger partial charge in [0.2, 0.25) is 0 Å². The minimum atomic E-state index is -0.705. The van der Waals surface area contributed by atoms with Gasteiger partial charge in [0.15, 0.2) is 11.9 Å². The maximum atomic E-state index is 13.2. The van der Waals surface area contributed by atoms with E-state index in [0.717, 1.165) is 42.5 Å². The molecule has 2 N–H and O–H groups in total. The third-order valence-corrected chi connectivity index (χ3v) is 8.29. The van der Waals surface area contributed by atoms with Crippen LogP contribution < -0.4 is 5.56 Å². The molecule has 0 saturated heterocycles. The van der Waals surface area contributed by atoms with Crippen molar-refractivity contribution in [3.05, 3.63) is 26.6 Å². The van der Waals surface area contributed by atoms with E-state index in [9.17, 15) is 14.7 Å². The Morgan fingerprint density at radius 1 is 1.29 bits per heavy atom. The Balaban J connectivity index is 1.41. The van der Waals surface area contributed by atoms with Gasteiger partial charge in [-0.05, 0) is 76.7 Å². The van der Waals surface area contributed by atoms with Crippen molar-refractivity contribution in [2.24, 2.45) is 17.3 Å². The van der Waals surface area contributed by atoms with Crippen molar-refractivity contribution in [1.29, 1.82) is 0 Å². The molecule has 4 saturated carbocycles.